The van der Waals surface area contributed by atoms with Gasteiger partial charge in [-0.1, -0.05) is 6.07 Å². The van der Waals surface area contributed by atoms with Crippen molar-refractivity contribution in [1.82, 2.24) is 0 Å². The number of rotatable bonds is 6. The van der Waals surface area contributed by atoms with E-state index in [9.17, 15) is 26.4 Å². The van der Waals surface area contributed by atoms with Gasteiger partial charge in [-0.25, -0.2) is 13.2 Å². The van der Waals surface area contributed by atoms with Crippen LogP contribution in [0, 0.1) is 0 Å². The molecule has 0 aromatic heterocycles. The first-order chi connectivity index (χ1) is 14.5. The number of halogens is 3. The molecule has 1 aliphatic rings. The first-order valence-electron chi connectivity index (χ1n) is 9.44. The van der Waals surface area contributed by atoms with Crippen molar-refractivity contribution < 1.29 is 36.2 Å². The van der Waals surface area contributed by atoms with E-state index >= 15 is 0 Å². The molecule has 1 saturated heterocycles. The van der Waals surface area contributed by atoms with Crippen molar-refractivity contribution in [2.75, 3.05) is 29.8 Å². The summed E-state index contributed by atoms with van der Waals surface area (Å²) in [5.41, 5.74) is -2.18. The maximum atomic E-state index is 14.0. The number of nitrogens with zero attached hydrogens (tertiary/aromatic N) is 1. The fourth-order valence-corrected chi connectivity index (χ4v) is 4.81. The van der Waals surface area contributed by atoms with Crippen molar-refractivity contribution in [3.63, 3.8) is 0 Å². The lowest BCUT2D eigenvalue weighted by Gasteiger charge is -2.32. The van der Waals surface area contributed by atoms with Gasteiger partial charge in [0.15, 0.2) is 0 Å². The minimum absolute atomic E-state index is 0.0985. The minimum atomic E-state index is -4.82. The van der Waals surface area contributed by atoms with E-state index in [4.69, 9.17) is 9.84 Å². The molecule has 0 atom stereocenters. The zero-order valence-corrected chi connectivity index (χ0v) is 17.4. The van der Waals surface area contributed by atoms with Gasteiger partial charge < -0.3 is 14.7 Å². The molecule has 31 heavy (non-hydrogen) atoms. The number of nitrogens with one attached hydrogen (secondary N) is 1. The monoisotopic (exact) mass is 458 g/mol. The van der Waals surface area contributed by atoms with E-state index in [0.29, 0.717) is 13.1 Å². The quantitative estimate of drug-likeness (QED) is 0.674. The molecule has 0 unspecified atom stereocenters. The second-order valence-electron chi connectivity index (χ2n) is 7.02. The lowest BCUT2D eigenvalue weighted by atomic mass is 10.1. The molecule has 2 aromatic carbocycles. The Morgan fingerprint density at radius 2 is 1.81 bits per heavy atom. The number of hydrogen-bond acceptors (Lipinski definition) is 5. The van der Waals surface area contributed by atoms with Crippen molar-refractivity contribution in [2.45, 2.75) is 30.3 Å². The zero-order valence-electron chi connectivity index (χ0n) is 16.6. The van der Waals surface area contributed by atoms with Crippen LogP contribution in [0.5, 0.6) is 5.75 Å². The number of ether oxygens (including phenoxy) is 1. The highest BCUT2D eigenvalue weighted by atomic mass is 32.2. The van der Waals surface area contributed by atoms with Crippen molar-refractivity contribution in [3.8, 4) is 5.75 Å². The third-order valence-corrected chi connectivity index (χ3v) is 6.35. The number of benzene rings is 2. The van der Waals surface area contributed by atoms with Crippen molar-refractivity contribution in [1.29, 1.82) is 0 Å². The Hall–Kier alpha value is -2.95. The van der Waals surface area contributed by atoms with Crippen LogP contribution in [0.2, 0.25) is 0 Å². The normalized spacial score (nSPS) is 14.9. The smallest absolute Gasteiger partial charge is 0.420 e. The molecule has 0 radical (unpaired) electrons. The summed E-state index contributed by atoms with van der Waals surface area (Å²) in [6.45, 7) is 0.877. The summed E-state index contributed by atoms with van der Waals surface area (Å²) < 4.78 is 74.9. The van der Waals surface area contributed by atoms with E-state index in [0.717, 1.165) is 43.5 Å². The van der Waals surface area contributed by atoms with Crippen LogP contribution in [0.1, 0.15) is 35.2 Å². The van der Waals surface area contributed by atoms with E-state index in [1.54, 1.807) is 4.90 Å². The Balaban J connectivity index is 2.10. The summed E-state index contributed by atoms with van der Waals surface area (Å²) in [4.78, 5) is 12.2. The molecule has 0 amide bonds. The molecule has 3 rings (SSSR count). The lowest BCUT2D eigenvalue weighted by Crippen LogP contribution is -2.32. The zero-order chi connectivity index (χ0) is 22.8. The number of anilines is 2. The molecule has 1 heterocycles. The van der Waals surface area contributed by atoms with E-state index in [1.807, 2.05) is 4.72 Å². The predicted octanol–water partition coefficient (Wildman–Crippen LogP) is 4.20. The number of methoxy groups -OCH3 is 1. The number of aromatic carboxylic acids is 1. The Morgan fingerprint density at radius 3 is 2.39 bits per heavy atom. The number of alkyl halides is 3. The van der Waals surface area contributed by atoms with Crippen molar-refractivity contribution >= 4 is 27.4 Å². The maximum absolute atomic E-state index is 14.0. The van der Waals surface area contributed by atoms with Gasteiger partial charge in [0.05, 0.1) is 24.0 Å². The summed E-state index contributed by atoms with van der Waals surface area (Å²) in [5, 5.41) is 9.15. The van der Waals surface area contributed by atoms with Crippen molar-refractivity contribution in [3.05, 3.63) is 47.5 Å². The maximum Gasteiger partial charge on any atom is 0.420 e. The van der Waals surface area contributed by atoms with Crippen LogP contribution < -0.4 is 14.4 Å². The van der Waals surface area contributed by atoms with Crippen LogP contribution in [0.15, 0.2) is 41.3 Å². The highest BCUT2D eigenvalue weighted by molar-refractivity contribution is 7.92. The van der Waals surface area contributed by atoms with Gasteiger partial charge >= 0.3 is 12.1 Å². The minimum Gasteiger partial charge on any atom is -0.495 e. The molecule has 168 valence electrons. The summed E-state index contributed by atoms with van der Waals surface area (Å²) >= 11 is 0. The van der Waals surface area contributed by atoms with Gasteiger partial charge in [0.2, 0.25) is 0 Å². The molecule has 1 fully saturated rings. The molecule has 7 nitrogen and oxygen atoms in total. The number of piperidine rings is 1. The molecule has 0 aliphatic carbocycles. The van der Waals surface area contributed by atoms with Gasteiger partial charge in [-0.3, -0.25) is 4.72 Å². The fraction of sp³-hybridized carbons (Fsp3) is 0.350. The Kier molecular flexibility index (Phi) is 6.35. The summed E-state index contributed by atoms with van der Waals surface area (Å²) in [6, 6.07) is 6.80. The second-order valence-corrected chi connectivity index (χ2v) is 8.67. The second kappa shape index (κ2) is 8.66. The fourth-order valence-electron chi connectivity index (χ4n) is 3.54. The molecule has 0 bridgehead atoms. The standard InChI is InChI=1S/C20H21F3N2O5S/c1-30-16-9-8-13(19(26)27)12-17(16)31(28,29)24-14-6-5-7-15(18(14)20(21,22)23)25-10-3-2-4-11-25/h5-9,12,24H,2-4,10-11H2,1H3,(H,26,27). The van der Waals surface area contributed by atoms with Crippen LogP contribution in [-0.4, -0.2) is 39.7 Å². The van der Waals surface area contributed by atoms with Gasteiger partial charge in [-0.05, 0) is 49.6 Å². The van der Waals surface area contributed by atoms with Crippen molar-refractivity contribution in [2.24, 2.45) is 0 Å². The lowest BCUT2D eigenvalue weighted by molar-refractivity contribution is -0.136. The van der Waals surface area contributed by atoms with E-state index in [1.165, 1.54) is 19.2 Å². The Morgan fingerprint density at radius 1 is 1.13 bits per heavy atom. The largest absolute Gasteiger partial charge is 0.495 e. The Bertz CT molecular complexity index is 1080. The number of hydrogen-bond donors (Lipinski definition) is 2. The molecular weight excluding hydrogens is 437 g/mol. The van der Waals surface area contributed by atoms with Gasteiger partial charge in [-0.15, -0.1) is 0 Å². The molecule has 0 saturated carbocycles. The summed E-state index contributed by atoms with van der Waals surface area (Å²) in [7, 11) is -3.43. The van der Waals surface area contributed by atoms with E-state index < -0.39 is 38.3 Å². The highest BCUT2D eigenvalue weighted by Gasteiger charge is 2.39. The average Bonchev–Trinajstić information content (AvgIpc) is 2.72. The molecule has 1 aliphatic heterocycles. The van der Waals surface area contributed by atoms with E-state index in [2.05, 4.69) is 0 Å². The first-order valence-corrected chi connectivity index (χ1v) is 10.9. The SMILES string of the molecule is COc1ccc(C(=O)O)cc1S(=O)(=O)Nc1cccc(N2CCCCC2)c1C(F)(F)F. The van der Waals surface area contributed by atoms with E-state index in [-0.39, 0.29) is 17.0 Å². The molecule has 0 spiro atoms. The van der Waals surface area contributed by atoms with Crippen LogP contribution in [0.3, 0.4) is 0 Å². The van der Waals surface area contributed by atoms with Crippen LogP contribution in [-0.2, 0) is 16.2 Å². The molecular formula is C20H21F3N2O5S. The number of carboxylic acids is 1. The van der Waals surface area contributed by atoms with Crippen LogP contribution >= 0.6 is 0 Å². The summed E-state index contributed by atoms with van der Waals surface area (Å²) in [5.74, 6) is -1.58. The van der Waals surface area contributed by atoms with Gasteiger partial charge in [0.1, 0.15) is 16.2 Å². The predicted molar refractivity (Wildman–Crippen MR) is 108 cm³/mol. The molecule has 2 N–H and O–H groups in total. The topological polar surface area (TPSA) is 95.9 Å². The third kappa shape index (κ3) is 4.87. The van der Waals surface area contributed by atoms with Gasteiger partial charge in [0.25, 0.3) is 10.0 Å². The Labute approximate surface area is 177 Å². The van der Waals surface area contributed by atoms with Gasteiger partial charge in [-0.2, -0.15) is 13.2 Å². The number of carboxylic acid groups (broad SMARTS) is 1. The number of sulfonamides is 1. The van der Waals surface area contributed by atoms with Crippen LogP contribution in [0.25, 0.3) is 0 Å². The van der Waals surface area contributed by atoms with Crippen LogP contribution in [0.4, 0.5) is 24.5 Å². The number of carbonyl (C=O) groups is 1. The molecule has 11 heteroatoms. The third-order valence-electron chi connectivity index (χ3n) is 4.97. The van der Waals surface area contributed by atoms with Gasteiger partial charge in [0, 0.05) is 13.1 Å². The first kappa shape index (κ1) is 22.7. The average molecular weight is 458 g/mol. The summed E-state index contributed by atoms with van der Waals surface area (Å²) in [6.07, 6.45) is -2.42. The molecule has 2 aromatic rings. The highest BCUT2D eigenvalue weighted by Crippen LogP contribution is 2.43.